The van der Waals surface area contributed by atoms with Crippen molar-refractivity contribution in [2.75, 3.05) is 5.73 Å². The molecule has 0 unspecified atom stereocenters. The van der Waals surface area contributed by atoms with Gasteiger partial charge < -0.3 is 11.5 Å². The smallest absolute Gasteiger partial charge is 0.329 e. The van der Waals surface area contributed by atoms with Crippen LogP contribution in [0.1, 0.15) is 5.69 Å². The van der Waals surface area contributed by atoms with E-state index >= 15 is 0 Å². The first kappa shape index (κ1) is 23.9. The number of anilines is 1. The second-order valence-electron chi connectivity index (χ2n) is 8.26. The van der Waals surface area contributed by atoms with Crippen LogP contribution in [0.5, 0.6) is 0 Å². The van der Waals surface area contributed by atoms with Gasteiger partial charge in [0.2, 0.25) is 0 Å². The minimum Gasteiger partial charge on any atom is -0.397 e. The molecule has 4 N–H and O–H groups in total. The molecule has 0 bridgehead atoms. The molecule has 0 radical (unpaired) electrons. The number of pyridine rings is 3. The lowest BCUT2D eigenvalue weighted by Crippen LogP contribution is -2.40. The van der Waals surface area contributed by atoms with Crippen LogP contribution in [0.15, 0.2) is 102 Å². The molecule has 0 aliphatic rings. The third-order valence-corrected chi connectivity index (χ3v) is 7.45. The Hall–Kier alpha value is -4.83. The average Bonchev–Trinajstić information content (AvgIpc) is 2.91. The maximum Gasteiger partial charge on any atom is 0.329 e. The Balaban J connectivity index is 1.80. The number of rotatable bonds is 6. The molecule has 0 saturated carbocycles. The molecule has 0 atom stereocenters. The number of aromatic nitrogens is 3. The zero-order valence-corrected chi connectivity index (χ0v) is 20.3. The fourth-order valence-corrected chi connectivity index (χ4v) is 5.54. The van der Waals surface area contributed by atoms with Crippen molar-refractivity contribution >= 4 is 32.5 Å². The summed E-state index contributed by atoms with van der Waals surface area (Å²) in [6.07, 6.45) is 4.54. The van der Waals surface area contributed by atoms with Crippen LogP contribution in [0, 0.1) is 0 Å². The van der Waals surface area contributed by atoms with Crippen molar-refractivity contribution in [3.05, 3.63) is 103 Å². The third-order valence-electron chi connectivity index (χ3n) is 5.78. The Morgan fingerprint density at radius 1 is 0.892 bits per heavy atom. The lowest BCUT2D eigenvalue weighted by Gasteiger charge is -2.22. The third kappa shape index (κ3) is 4.69. The molecule has 3 aromatic heterocycles. The minimum absolute atomic E-state index is 0.309. The van der Waals surface area contributed by atoms with Crippen molar-refractivity contribution in [3.63, 3.8) is 0 Å². The first-order valence-electron chi connectivity index (χ1n) is 11.3. The summed E-state index contributed by atoms with van der Waals surface area (Å²) in [7, 11) is -4.54. The van der Waals surface area contributed by atoms with E-state index in [1.54, 1.807) is 42.6 Å². The molecule has 2 amide bonds. The van der Waals surface area contributed by atoms with Crippen LogP contribution in [-0.4, -0.2) is 33.7 Å². The Bertz CT molecular complexity index is 1710. The molecule has 10 heteroatoms. The first-order valence-corrected chi connectivity index (χ1v) is 12.7. The van der Waals surface area contributed by atoms with Crippen molar-refractivity contribution in [3.8, 4) is 22.4 Å². The monoisotopic (exact) mass is 510 g/mol. The van der Waals surface area contributed by atoms with Crippen LogP contribution >= 0.6 is 0 Å². The van der Waals surface area contributed by atoms with Crippen molar-refractivity contribution in [1.82, 2.24) is 19.3 Å². The first-order chi connectivity index (χ1) is 17.8. The molecule has 9 nitrogen and oxygen atoms in total. The second kappa shape index (κ2) is 9.67. The molecule has 0 fully saturated rings. The van der Waals surface area contributed by atoms with Crippen molar-refractivity contribution in [2.45, 2.75) is 11.6 Å². The molecule has 0 aliphatic heterocycles. The van der Waals surface area contributed by atoms with E-state index < -0.39 is 16.1 Å². The Kier molecular flexibility index (Phi) is 6.24. The summed E-state index contributed by atoms with van der Waals surface area (Å²) in [5.74, 6) is 0. The average molecular weight is 511 g/mol. The number of hydrogen-bond acceptors (Lipinski definition) is 7. The molecule has 0 saturated heterocycles. The van der Waals surface area contributed by atoms with Gasteiger partial charge in [0.05, 0.1) is 23.6 Å². The molecule has 184 valence electrons. The van der Waals surface area contributed by atoms with E-state index in [1.807, 2.05) is 42.5 Å². The number of nitrogens with two attached hydrogens (primary N) is 2. The van der Waals surface area contributed by atoms with Gasteiger partial charge in [-0.2, -0.15) is 8.42 Å². The van der Waals surface area contributed by atoms with Crippen molar-refractivity contribution < 1.29 is 13.2 Å². The van der Waals surface area contributed by atoms with Gasteiger partial charge in [0.25, 0.3) is 10.0 Å². The number of primary amides is 1. The summed E-state index contributed by atoms with van der Waals surface area (Å²) >= 11 is 0. The normalized spacial score (nSPS) is 11.4. The van der Waals surface area contributed by atoms with Gasteiger partial charge in [-0.05, 0) is 40.8 Å². The van der Waals surface area contributed by atoms with Gasteiger partial charge in [-0.25, -0.2) is 14.1 Å². The number of carbonyl (C=O) groups excluding carboxylic acids is 1. The highest BCUT2D eigenvalue weighted by molar-refractivity contribution is 7.89. The van der Waals surface area contributed by atoms with E-state index in [0.29, 0.717) is 43.3 Å². The number of sulfonamides is 1. The highest BCUT2D eigenvalue weighted by Gasteiger charge is 2.33. The zero-order valence-electron chi connectivity index (χ0n) is 19.5. The van der Waals surface area contributed by atoms with Crippen LogP contribution in [0.25, 0.3) is 33.2 Å². The van der Waals surface area contributed by atoms with Gasteiger partial charge in [0, 0.05) is 29.5 Å². The quantitative estimate of drug-likeness (QED) is 0.348. The lowest BCUT2D eigenvalue weighted by molar-refractivity contribution is 0.230. The summed E-state index contributed by atoms with van der Waals surface area (Å²) < 4.78 is 28.8. The van der Waals surface area contributed by atoms with E-state index in [-0.39, 0.29) is 11.6 Å². The maximum absolute atomic E-state index is 14.1. The highest BCUT2D eigenvalue weighted by atomic mass is 32.2. The molecular weight excluding hydrogens is 488 g/mol. The number of benzene rings is 2. The van der Waals surface area contributed by atoms with Crippen LogP contribution in [-0.2, 0) is 16.6 Å². The van der Waals surface area contributed by atoms with E-state index in [1.165, 1.54) is 12.4 Å². The number of hydrogen-bond donors (Lipinski definition) is 2. The second-order valence-corrected chi connectivity index (χ2v) is 10.0. The fraction of sp³-hybridized carbons (Fsp3) is 0.0370. The Morgan fingerprint density at radius 3 is 2.38 bits per heavy atom. The number of fused-ring (bicyclic) bond motifs is 1. The largest absolute Gasteiger partial charge is 0.397 e. The van der Waals surface area contributed by atoms with Crippen LogP contribution < -0.4 is 11.5 Å². The summed E-state index contributed by atoms with van der Waals surface area (Å²) in [5, 5.41) is 0.660. The van der Waals surface area contributed by atoms with E-state index in [4.69, 9.17) is 11.5 Å². The standard InChI is InChI=1S/C27H22N6O3S/c28-21-13-20(15-30-16-21)24-14-19-9-6-11-23(18-7-2-1-3-8-18)25(19)26(32-24)37(35,36)33(27(29)34)17-22-10-4-5-12-31-22/h1-16H,17,28H2,(H2,29,34). The van der Waals surface area contributed by atoms with Gasteiger partial charge in [-0.15, -0.1) is 0 Å². The molecule has 0 spiro atoms. The molecule has 3 heterocycles. The van der Waals surface area contributed by atoms with Gasteiger partial charge in [-0.1, -0.05) is 54.6 Å². The van der Waals surface area contributed by atoms with Gasteiger partial charge in [-0.3, -0.25) is 9.97 Å². The molecule has 5 aromatic rings. The van der Waals surface area contributed by atoms with Gasteiger partial charge in [0.1, 0.15) is 0 Å². The van der Waals surface area contributed by atoms with E-state index in [2.05, 4.69) is 15.0 Å². The number of carbonyl (C=O) groups is 1. The van der Waals surface area contributed by atoms with Crippen molar-refractivity contribution in [1.29, 1.82) is 0 Å². The fourth-order valence-electron chi connectivity index (χ4n) is 4.09. The maximum atomic E-state index is 14.1. The summed E-state index contributed by atoms with van der Waals surface area (Å²) in [6.45, 7) is -0.348. The van der Waals surface area contributed by atoms with E-state index in [9.17, 15) is 13.2 Å². The van der Waals surface area contributed by atoms with Crippen LogP contribution in [0.3, 0.4) is 0 Å². The topological polar surface area (TPSA) is 145 Å². The lowest BCUT2D eigenvalue weighted by atomic mass is 9.98. The predicted molar refractivity (Wildman–Crippen MR) is 141 cm³/mol. The molecule has 37 heavy (non-hydrogen) atoms. The predicted octanol–water partition coefficient (Wildman–Crippen LogP) is 4.21. The zero-order chi connectivity index (χ0) is 26.0. The van der Waals surface area contributed by atoms with Crippen molar-refractivity contribution in [2.24, 2.45) is 5.73 Å². The highest BCUT2D eigenvalue weighted by Crippen LogP contribution is 2.36. The summed E-state index contributed by atoms with van der Waals surface area (Å²) in [4.78, 5) is 25.3. The Morgan fingerprint density at radius 2 is 1.68 bits per heavy atom. The minimum atomic E-state index is -4.54. The number of urea groups is 1. The van der Waals surface area contributed by atoms with Crippen LogP contribution in [0.2, 0.25) is 0 Å². The summed E-state index contributed by atoms with van der Waals surface area (Å²) in [6, 6.07) is 22.1. The SMILES string of the molecule is NC(=O)N(Cc1ccccn1)S(=O)(=O)c1nc(-c2cncc(N)c2)cc2cccc(-c3ccccc3)c12. The molecular formula is C27H22N6O3S. The van der Waals surface area contributed by atoms with Gasteiger partial charge >= 0.3 is 6.03 Å². The summed E-state index contributed by atoms with van der Waals surface area (Å²) in [5.41, 5.74) is 14.6. The van der Waals surface area contributed by atoms with Crippen LogP contribution in [0.4, 0.5) is 10.5 Å². The number of nitrogens with zero attached hydrogens (tertiary/aromatic N) is 4. The number of nitrogen functional groups attached to an aromatic ring is 1. The van der Waals surface area contributed by atoms with E-state index in [0.717, 1.165) is 5.56 Å². The molecule has 5 rings (SSSR count). The Labute approximate surface area is 213 Å². The number of amides is 2. The molecule has 0 aliphatic carbocycles. The molecule has 2 aromatic carbocycles. The van der Waals surface area contributed by atoms with Gasteiger partial charge in [0.15, 0.2) is 5.03 Å².